The van der Waals surface area contributed by atoms with Crippen molar-refractivity contribution in [3.05, 3.63) is 34.9 Å². The maximum absolute atomic E-state index is 11.3. The number of benzene rings is 1. The molecule has 6 nitrogen and oxygen atoms in total. The Bertz CT molecular complexity index is 719. The lowest BCUT2D eigenvalue weighted by Crippen LogP contribution is -2.04. The first-order valence-electron chi connectivity index (χ1n) is 6.74. The first-order chi connectivity index (χ1) is 10.4. The molecule has 0 amide bonds. The van der Waals surface area contributed by atoms with Gasteiger partial charge in [-0.05, 0) is 37.1 Å². The van der Waals surface area contributed by atoms with Crippen LogP contribution in [0.4, 0.5) is 5.95 Å². The summed E-state index contributed by atoms with van der Waals surface area (Å²) in [6.45, 7) is 4.23. The van der Waals surface area contributed by atoms with Crippen LogP contribution in [0.3, 0.4) is 0 Å². The molecule has 0 unspecified atom stereocenters. The highest BCUT2D eigenvalue weighted by atomic mass is 32.2. The van der Waals surface area contributed by atoms with Crippen molar-refractivity contribution in [3.63, 3.8) is 0 Å². The lowest BCUT2D eigenvalue weighted by atomic mass is 9.98. The lowest BCUT2D eigenvalue weighted by molar-refractivity contribution is 0.0696. The van der Waals surface area contributed by atoms with Crippen LogP contribution >= 0.6 is 11.8 Å². The van der Waals surface area contributed by atoms with Crippen LogP contribution in [-0.2, 0) is 0 Å². The molecular weight excluding hydrogens is 300 g/mol. The van der Waals surface area contributed by atoms with Gasteiger partial charge in [0.2, 0.25) is 5.95 Å². The van der Waals surface area contributed by atoms with Gasteiger partial charge in [-0.25, -0.2) is 14.8 Å². The van der Waals surface area contributed by atoms with Crippen molar-refractivity contribution < 1.29 is 9.90 Å². The van der Waals surface area contributed by atoms with E-state index in [1.807, 2.05) is 13.0 Å². The Balaban J connectivity index is 2.53. The number of nitrogens with two attached hydrogens (primary N) is 2. The number of nitrogen functional groups attached to an aromatic ring is 1. The van der Waals surface area contributed by atoms with Gasteiger partial charge in [0, 0.05) is 17.9 Å². The van der Waals surface area contributed by atoms with Gasteiger partial charge in [0.15, 0.2) is 0 Å². The molecule has 1 aromatic heterocycles. The van der Waals surface area contributed by atoms with Crippen LogP contribution in [0.25, 0.3) is 11.3 Å². The summed E-state index contributed by atoms with van der Waals surface area (Å²) in [7, 11) is 0. The molecule has 0 saturated carbocycles. The highest BCUT2D eigenvalue weighted by Crippen LogP contribution is 2.28. The fraction of sp³-hybridized carbons (Fsp3) is 0.267. The van der Waals surface area contributed by atoms with Crippen molar-refractivity contribution in [1.82, 2.24) is 9.97 Å². The Morgan fingerprint density at radius 2 is 1.95 bits per heavy atom. The quantitative estimate of drug-likeness (QED) is 0.571. The normalized spacial score (nSPS) is 10.7. The average molecular weight is 318 g/mol. The number of nitrogens with zero attached hydrogens (tertiary/aromatic N) is 2. The van der Waals surface area contributed by atoms with Gasteiger partial charge in [-0.2, -0.15) is 0 Å². The van der Waals surface area contributed by atoms with Crippen molar-refractivity contribution in [2.75, 3.05) is 18.0 Å². The maximum Gasteiger partial charge on any atom is 0.335 e. The lowest BCUT2D eigenvalue weighted by Gasteiger charge is -2.11. The van der Waals surface area contributed by atoms with Gasteiger partial charge in [0.25, 0.3) is 0 Å². The molecule has 0 atom stereocenters. The number of hydrogen-bond donors (Lipinski definition) is 3. The molecule has 0 aliphatic rings. The largest absolute Gasteiger partial charge is 0.478 e. The Morgan fingerprint density at radius 1 is 1.23 bits per heavy atom. The van der Waals surface area contributed by atoms with Gasteiger partial charge in [-0.1, -0.05) is 6.07 Å². The second-order valence-corrected chi connectivity index (χ2v) is 5.99. The van der Waals surface area contributed by atoms with Crippen molar-refractivity contribution >= 4 is 23.7 Å². The average Bonchev–Trinajstić information content (AvgIpc) is 2.44. The van der Waals surface area contributed by atoms with Gasteiger partial charge >= 0.3 is 5.97 Å². The number of aryl methyl sites for hydroxylation is 2. The molecule has 0 aliphatic carbocycles. The molecule has 2 rings (SSSR count). The van der Waals surface area contributed by atoms with E-state index in [0.717, 1.165) is 21.9 Å². The molecule has 0 radical (unpaired) electrons. The fourth-order valence-electron chi connectivity index (χ4n) is 2.18. The third-order valence-electron chi connectivity index (χ3n) is 3.17. The summed E-state index contributed by atoms with van der Waals surface area (Å²) in [5.41, 5.74) is 14.5. The van der Waals surface area contributed by atoms with E-state index in [-0.39, 0.29) is 11.5 Å². The van der Waals surface area contributed by atoms with Gasteiger partial charge < -0.3 is 16.6 Å². The summed E-state index contributed by atoms with van der Waals surface area (Å²) in [6.07, 6.45) is 0. The molecule has 0 aliphatic heterocycles. The first kappa shape index (κ1) is 16.3. The van der Waals surface area contributed by atoms with Crippen LogP contribution in [0.5, 0.6) is 0 Å². The molecule has 1 aromatic carbocycles. The molecule has 0 fully saturated rings. The van der Waals surface area contributed by atoms with Crippen LogP contribution < -0.4 is 11.5 Å². The standard InChI is InChI=1S/C15H18N4O2S/c1-8-5-9(2)11(14(20)21)6-10(8)12-7-13(22-4-3-16)19-15(17)18-12/h5-7H,3-4,16H2,1-2H3,(H,20,21)(H2,17,18,19). The van der Waals surface area contributed by atoms with Crippen molar-refractivity contribution in [1.29, 1.82) is 0 Å². The molecule has 5 N–H and O–H groups in total. The minimum atomic E-state index is -0.960. The second-order valence-electron chi connectivity index (χ2n) is 4.87. The molecule has 0 bridgehead atoms. The summed E-state index contributed by atoms with van der Waals surface area (Å²) in [5.74, 6) is -0.0734. The topological polar surface area (TPSA) is 115 Å². The number of hydrogen-bond acceptors (Lipinski definition) is 6. The number of carbonyl (C=O) groups is 1. The zero-order chi connectivity index (χ0) is 16.3. The zero-order valence-corrected chi connectivity index (χ0v) is 13.3. The van der Waals surface area contributed by atoms with Crippen LogP contribution in [0, 0.1) is 13.8 Å². The second kappa shape index (κ2) is 6.76. The third-order valence-corrected chi connectivity index (χ3v) is 4.11. The molecular formula is C15H18N4O2S. The van der Waals surface area contributed by atoms with E-state index in [9.17, 15) is 9.90 Å². The number of aromatic nitrogens is 2. The van der Waals surface area contributed by atoms with Crippen molar-refractivity contribution in [2.24, 2.45) is 5.73 Å². The molecule has 0 saturated heterocycles. The van der Waals surface area contributed by atoms with E-state index in [1.54, 1.807) is 19.1 Å². The van der Waals surface area contributed by atoms with Gasteiger partial charge in [-0.15, -0.1) is 11.8 Å². The van der Waals surface area contributed by atoms with Crippen LogP contribution in [0.15, 0.2) is 23.2 Å². The molecule has 22 heavy (non-hydrogen) atoms. The van der Waals surface area contributed by atoms with Crippen LogP contribution in [0.2, 0.25) is 0 Å². The minimum absolute atomic E-state index is 0.161. The molecule has 1 heterocycles. The number of carboxylic acid groups (broad SMARTS) is 1. The van der Waals surface area contributed by atoms with E-state index >= 15 is 0 Å². The Labute approximate surface area is 133 Å². The SMILES string of the molecule is Cc1cc(C)c(-c2cc(SCCN)nc(N)n2)cc1C(=O)O. The smallest absolute Gasteiger partial charge is 0.335 e. The number of thioether (sulfide) groups is 1. The van der Waals surface area contributed by atoms with Crippen molar-refractivity contribution in [3.8, 4) is 11.3 Å². The molecule has 2 aromatic rings. The number of anilines is 1. The first-order valence-corrected chi connectivity index (χ1v) is 7.73. The summed E-state index contributed by atoms with van der Waals surface area (Å²) in [6, 6.07) is 5.27. The van der Waals surface area contributed by atoms with Crippen molar-refractivity contribution in [2.45, 2.75) is 18.9 Å². The van der Waals surface area contributed by atoms with Crippen LogP contribution in [-0.4, -0.2) is 33.3 Å². The highest BCUT2D eigenvalue weighted by molar-refractivity contribution is 7.99. The summed E-state index contributed by atoms with van der Waals surface area (Å²) >= 11 is 1.49. The van der Waals surface area contributed by atoms with Crippen LogP contribution in [0.1, 0.15) is 21.5 Å². The fourth-order valence-corrected chi connectivity index (χ4v) is 2.86. The Morgan fingerprint density at radius 3 is 2.59 bits per heavy atom. The Hall–Kier alpha value is -2.12. The van der Waals surface area contributed by atoms with E-state index in [4.69, 9.17) is 11.5 Å². The maximum atomic E-state index is 11.3. The number of carboxylic acids is 1. The van der Waals surface area contributed by atoms with Gasteiger partial charge in [0.1, 0.15) is 5.03 Å². The summed E-state index contributed by atoms with van der Waals surface area (Å²) < 4.78 is 0. The van der Waals surface area contributed by atoms with Gasteiger partial charge in [-0.3, -0.25) is 0 Å². The number of rotatable bonds is 5. The van der Waals surface area contributed by atoms with E-state index in [2.05, 4.69) is 9.97 Å². The monoisotopic (exact) mass is 318 g/mol. The number of aromatic carboxylic acids is 1. The third kappa shape index (κ3) is 3.55. The molecule has 7 heteroatoms. The van der Waals surface area contributed by atoms with E-state index < -0.39 is 5.97 Å². The summed E-state index contributed by atoms with van der Waals surface area (Å²) in [5, 5.41) is 10.0. The molecule has 0 spiro atoms. The predicted octanol–water partition coefficient (Wildman–Crippen LogP) is 2.09. The van der Waals surface area contributed by atoms with E-state index in [0.29, 0.717) is 17.8 Å². The minimum Gasteiger partial charge on any atom is -0.478 e. The molecule has 116 valence electrons. The Kier molecular flexibility index (Phi) is 4.99. The van der Waals surface area contributed by atoms with E-state index in [1.165, 1.54) is 11.8 Å². The summed E-state index contributed by atoms with van der Waals surface area (Å²) in [4.78, 5) is 19.7. The zero-order valence-electron chi connectivity index (χ0n) is 12.5. The van der Waals surface area contributed by atoms with Gasteiger partial charge in [0.05, 0.1) is 11.3 Å². The predicted molar refractivity (Wildman–Crippen MR) is 88.1 cm³/mol. The highest BCUT2D eigenvalue weighted by Gasteiger charge is 2.14.